The summed E-state index contributed by atoms with van der Waals surface area (Å²) < 4.78 is 10.1. The molecule has 0 unspecified atom stereocenters. The lowest BCUT2D eigenvalue weighted by molar-refractivity contribution is -0.152. The predicted octanol–water partition coefficient (Wildman–Crippen LogP) is 1.47. The summed E-state index contributed by atoms with van der Waals surface area (Å²) >= 11 is 0. The van der Waals surface area contributed by atoms with Gasteiger partial charge in [0.1, 0.15) is 12.3 Å². The van der Waals surface area contributed by atoms with Crippen LogP contribution < -0.4 is 4.74 Å². The van der Waals surface area contributed by atoms with Crippen molar-refractivity contribution in [2.24, 2.45) is 35.5 Å². The van der Waals surface area contributed by atoms with Crippen molar-refractivity contribution in [2.45, 2.75) is 6.42 Å². The number of carbonyl (C=O) groups is 4. The third-order valence-electron chi connectivity index (χ3n) is 6.82. The number of ketones is 1. The van der Waals surface area contributed by atoms with E-state index in [1.54, 1.807) is 24.3 Å². The highest BCUT2D eigenvalue weighted by Crippen LogP contribution is 2.65. The quantitative estimate of drug-likeness (QED) is 0.314. The van der Waals surface area contributed by atoms with E-state index in [1.165, 1.54) is 7.11 Å². The first-order chi connectivity index (χ1) is 14.0. The minimum absolute atomic E-state index is 0.115. The number of nitrogens with zero attached hydrogens (tertiary/aromatic N) is 1. The van der Waals surface area contributed by atoms with Gasteiger partial charge in [-0.25, -0.2) is 0 Å². The van der Waals surface area contributed by atoms with Crippen LogP contribution in [0.1, 0.15) is 16.8 Å². The molecule has 1 heterocycles. The molecular formula is C22H21NO6. The Morgan fingerprint density at radius 3 is 2.14 bits per heavy atom. The fraction of sp³-hybridized carbons (Fsp3) is 0.455. The van der Waals surface area contributed by atoms with Gasteiger partial charge < -0.3 is 9.47 Å². The van der Waals surface area contributed by atoms with Gasteiger partial charge >= 0.3 is 5.97 Å². The Bertz CT molecular complexity index is 899. The molecule has 5 aliphatic rings. The molecule has 1 aromatic carbocycles. The normalized spacial score (nSPS) is 33.3. The first kappa shape index (κ1) is 18.1. The number of amides is 2. The number of imide groups is 1. The van der Waals surface area contributed by atoms with Gasteiger partial charge in [0.05, 0.1) is 18.9 Å². The van der Waals surface area contributed by atoms with Gasteiger partial charge in [0.15, 0.2) is 12.4 Å². The van der Waals surface area contributed by atoms with Crippen molar-refractivity contribution in [1.82, 2.24) is 4.90 Å². The molecule has 0 spiro atoms. The average Bonchev–Trinajstić information content (AvgIpc) is 3.53. The van der Waals surface area contributed by atoms with Crippen LogP contribution in [0.4, 0.5) is 0 Å². The van der Waals surface area contributed by atoms with E-state index < -0.39 is 19.1 Å². The van der Waals surface area contributed by atoms with Crippen LogP contribution in [0.2, 0.25) is 0 Å². The second kappa shape index (κ2) is 6.54. The molecule has 7 heteroatoms. The molecule has 0 aromatic heterocycles. The zero-order valence-electron chi connectivity index (χ0n) is 15.9. The molecule has 4 aliphatic carbocycles. The van der Waals surface area contributed by atoms with Crippen LogP contribution in [0.5, 0.6) is 5.75 Å². The van der Waals surface area contributed by atoms with Crippen molar-refractivity contribution >= 4 is 23.6 Å². The number of hydrogen-bond acceptors (Lipinski definition) is 6. The standard InChI is InChI=1S/C22H21NO6/c1-28-12-4-2-11(3-5-12)17(24)10-29-18(25)9-23-21(26)19-13-6-7-14(16-8-15(13)16)20(19)22(23)27/h2-7,13-16,19-20H,8-10H2,1H3/t13-,14-,15-,16+,19+,20+/m1/s1. The lowest BCUT2D eigenvalue weighted by Crippen LogP contribution is -2.40. The summed E-state index contributed by atoms with van der Waals surface area (Å²) in [5, 5.41) is 0. The van der Waals surface area contributed by atoms with Crippen molar-refractivity contribution in [2.75, 3.05) is 20.3 Å². The molecule has 1 aromatic rings. The number of hydrogen-bond donors (Lipinski definition) is 0. The van der Waals surface area contributed by atoms with Gasteiger partial charge in [0.25, 0.3) is 0 Å². The molecule has 7 nitrogen and oxygen atoms in total. The average molecular weight is 395 g/mol. The van der Waals surface area contributed by atoms with E-state index in [4.69, 9.17) is 9.47 Å². The van der Waals surface area contributed by atoms with Crippen LogP contribution in [-0.2, 0) is 19.1 Å². The van der Waals surface area contributed by atoms with Crippen molar-refractivity contribution in [1.29, 1.82) is 0 Å². The van der Waals surface area contributed by atoms with E-state index in [9.17, 15) is 19.2 Å². The lowest BCUT2D eigenvalue weighted by atomic mass is 9.63. The molecule has 2 amide bonds. The van der Waals surface area contributed by atoms with Crippen LogP contribution in [0.3, 0.4) is 0 Å². The number of carbonyl (C=O) groups excluding carboxylic acids is 4. The molecular weight excluding hydrogens is 374 g/mol. The van der Waals surface area contributed by atoms with Gasteiger partial charge in [-0.15, -0.1) is 0 Å². The van der Waals surface area contributed by atoms with Gasteiger partial charge in [-0.3, -0.25) is 24.1 Å². The minimum atomic E-state index is -0.752. The topological polar surface area (TPSA) is 90.0 Å². The van der Waals surface area contributed by atoms with Gasteiger partial charge in [-0.1, -0.05) is 12.2 Å². The summed E-state index contributed by atoms with van der Waals surface area (Å²) in [7, 11) is 1.53. The van der Waals surface area contributed by atoms with E-state index in [1.807, 2.05) is 0 Å². The first-order valence-corrected chi connectivity index (χ1v) is 9.86. The van der Waals surface area contributed by atoms with E-state index in [-0.39, 0.29) is 41.3 Å². The lowest BCUT2D eigenvalue weighted by Gasteiger charge is -2.37. The molecule has 6 atom stereocenters. The first-order valence-electron chi connectivity index (χ1n) is 9.86. The SMILES string of the molecule is COc1ccc(C(=O)COC(=O)CN2C(=O)[C@H]3[C@@H]4C=C[C@H]([C@@H]5C[C@H]45)[C@@H]3C2=O)cc1. The number of likely N-dealkylation sites (tertiary alicyclic amines) is 1. The molecule has 150 valence electrons. The summed E-state index contributed by atoms with van der Waals surface area (Å²) in [4.78, 5) is 51.1. The summed E-state index contributed by atoms with van der Waals surface area (Å²) in [5.41, 5.74) is 0.389. The molecule has 0 radical (unpaired) electrons. The molecule has 3 fully saturated rings. The van der Waals surface area contributed by atoms with Crippen LogP contribution in [0.25, 0.3) is 0 Å². The number of ether oxygens (including phenoxy) is 2. The Labute approximate surface area is 167 Å². The maximum absolute atomic E-state index is 12.8. The zero-order chi connectivity index (χ0) is 20.3. The van der Waals surface area contributed by atoms with Crippen LogP contribution in [-0.4, -0.2) is 48.7 Å². The zero-order valence-corrected chi connectivity index (χ0v) is 15.9. The molecule has 1 saturated heterocycles. The summed E-state index contributed by atoms with van der Waals surface area (Å²) in [6.45, 7) is -0.874. The maximum Gasteiger partial charge on any atom is 0.326 e. The van der Waals surface area contributed by atoms with Gasteiger partial charge in [0.2, 0.25) is 11.8 Å². The molecule has 0 N–H and O–H groups in total. The Hall–Kier alpha value is -2.96. The molecule has 2 bridgehead atoms. The van der Waals surface area contributed by atoms with Gasteiger partial charge in [-0.05, 0) is 54.4 Å². The Balaban J connectivity index is 1.20. The molecule has 29 heavy (non-hydrogen) atoms. The smallest absolute Gasteiger partial charge is 0.326 e. The number of benzene rings is 1. The largest absolute Gasteiger partial charge is 0.497 e. The van der Waals surface area contributed by atoms with E-state index in [0.29, 0.717) is 23.1 Å². The fourth-order valence-electron chi connectivity index (χ4n) is 5.36. The van der Waals surface area contributed by atoms with Crippen molar-refractivity contribution in [3.05, 3.63) is 42.0 Å². The second-order valence-electron chi connectivity index (χ2n) is 8.23. The predicted molar refractivity (Wildman–Crippen MR) is 99.7 cm³/mol. The number of allylic oxidation sites excluding steroid dienone is 2. The third kappa shape index (κ3) is 2.79. The molecule has 2 saturated carbocycles. The minimum Gasteiger partial charge on any atom is -0.497 e. The molecule has 1 aliphatic heterocycles. The van der Waals surface area contributed by atoms with Crippen molar-refractivity contribution < 1.29 is 28.7 Å². The molecule has 6 rings (SSSR count). The van der Waals surface area contributed by atoms with Crippen molar-refractivity contribution in [3.63, 3.8) is 0 Å². The maximum atomic E-state index is 12.8. The Morgan fingerprint density at radius 2 is 1.59 bits per heavy atom. The van der Waals surface area contributed by atoms with Gasteiger partial charge in [0, 0.05) is 5.56 Å². The number of rotatable bonds is 6. The fourth-order valence-corrected chi connectivity index (χ4v) is 5.36. The highest BCUT2D eigenvalue weighted by molar-refractivity contribution is 6.08. The van der Waals surface area contributed by atoms with Crippen molar-refractivity contribution in [3.8, 4) is 5.75 Å². The summed E-state index contributed by atoms with van der Waals surface area (Å²) in [6, 6.07) is 6.46. The third-order valence-corrected chi connectivity index (χ3v) is 6.82. The summed E-state index contributed by atoms with van der Waals surface area (Å²) in [6.07, 6.45) is 5.26. The highest BCUT2D eigenvalue weighted by Gasteiger charge is 2.67. The highest BCUT2D eigenvalue weighted by atomic mass is 16.5. The van der Waals surface area contributed by atoms with Crippen LogP contribution in [0.15, 0.2) is 36.4 Å². The van der Waals surface area contributed by atoms with E-state index >= 15 is 0 Å². The Kier molecular flexibility index (Phi) is 4.08. The number of Topliss-reactive ketones (excluding diaryl/α,β-unsaturated/α-hetero) is 1. The van der Waals surface area contributed by atoms with Crippen LogP contribution in [0, 0.1) is 35.5 Å². The van der Waals surface area contributed by atoms with E-state index in [0.717, 1.165) is 11.3 Å². The monoisotopic (exact) mass is 395 g/mol. The Morgan fingerprint density at radius 1 is 1.00 bits per heavy atom. The number of methoxy groups -OCH3 is 1. The number of esters is 1. The van der Waals surface area contributed by atoms with E-state index in [2.05, 4.69) is 12.2 Å². The second-order valence-corrected chi connectivity index (χ2v) is 8.23. The van der Waals surface area contributed by atoms with Gasteiger partial charge in [-0.2, -0.15) is 0 Å². The van der Waals surface area contributed by atoms with Crippen LogP contribution >= 0.6 is 0 Å². The summed E-state index contributed by atoms with van der Waals surface area (Å²) in [5.74, 6) is -0.473.